The summed E-state index contributed by atoms with van der Waals surface area (Å²) in [5.74, 6) is 0.516. The zero-order valence-electron chi connectivity index (χ0n) is 15.6. The molecule has 1 amide bonds. The highest BCUT2D eigenvalue weighted by molar-refractivity contribution is 5.67. The van der Waals surface area contributed by atoms with E-state index in [1.807, 2.05) is 20.8 Å². The van der Waals surface area contributed by atoms with E-state index in [2.05, 4.69) is 29.6 Å². The average molecular weight is 325 g/mol. The molecule has 2 aliphatic carbocycles. The summed E-state index contributed by atoms with van der Waals surface area (Å²) in [4.78, 5) is 14.2. The fourth-order valence-electron chi connectivity index (χ4n) is 3.77. The van der Waals surface area contributed by atoms with Crippen molar-refractivity contribution in [1.82, 2.24) is 15.5 Å². The third kappa shape index (κ3) is 5.08. The summed E-state index contributed by atoms with van der Waals surface area (Å²) in [7, 11) is 4.38. The van der Waals surface area contributed by atoms with Crippen molar-refractivity contribution in [3.8, 4) is 0 Å². The molecule has 2 unspecified atom stereocenters. The van der Waals surface area contributed by atoms with Crippen LogP contribution in [-0.4, -0.2) is 55.4 Å². The molecule has 2 atom stereocenters. The van der Waals surface area contributed by atoms with Gasteiger partial charge in [-0.25, -0.2) is 4.79 Å². The SMILES string of the molecule is CN(C)C1(CNC2CCCC2CNC(=O)OC(C)(C)C)CCC1. The molecule has 0 aromatic rings. The second-order valence-corrected chi connectivity index (χ2v) is 8.53. The largest absolute Gasteiger partial charge is 0.444 e. The zero-order valence-corrected chi connectivity index (χ0v) is 15.6. The molecular formula is C18H35N3O2. The highest BCUT2D eigenvalue weighted by atomic mass is 16.6. The Balaban J connectivity index is 1.76. The summed E-state index contributed by atoms with van der Waals surface area (Å²) in [5.41, 5.74) is -0.0779. The Kier molecular flexibility index (Phi) is 5.95. The van der Waals surface area contributed by atoms with Crippen LogP contribution < -0.4 is 10.6 Å². The molecule has 0 radical (unpaired) electrons. The second kappa shape index (κ2) is 7.39. The van der Waals surface area contributed by atoms with Gasteiger partial charge >= 0.3 is 6.09 Å². The molecule has 0 heterocycles. The predicted octanol–water partition coefficient (Wildman–Crippen LogP) is 2.75. The maximum absolute atomic E-state index is 11.8. The number of hydrogen-bond acceptors (Lipinski definition) is 4. The number of rotatable bonds is 6. The van der Waals surface area contributed by atoms with Gasteiger partial charge in [-0.1, -0.05) is 6.42 Å². The predicted molar refractivity (Wildman–Crippen MR) is 93.6 cm³/mol. The molecule has 2 fully saturated rings. The quantitative estimate of drug-likeness (QED) is 0.788. The van der Waals surface area contributed by atoms with E-state index in [4.69, 9.17) is 4.74 Å². The smallest absolute Gasteiger partial charge is 0.407 e. The first-order valence-corrected chi connectivity index (χ1v) is 9.09. The molecule has 0 saturated heterocycles. The molecule has 0 aliphatic heterocycles. The number of amides is 1. The van der Waals surface area contributed by atoms with Gasteiger partial charge in [-0.3, -0.25) is 0 Å². The Morgan fingerprint density at radius 2 is 1.91 bits per heavy atom. The molecule has 0 aromatic heterocycles. The average Bonchev–Trinajstić information content (AvgIpc) is 2.80. The third-order valence-corrected chi connectivity index (χ3v) is 5.49. The number of carbonyl (C=O) groups is 1. The summed E-state index contributed by atoms with van der Waals surface area (Å²) in [6.45, 7) is 7.46. The normalized spacial score (nSPS) is 26.9. The number of nitrogens with zero attached hydrogens (tertiary/aromatic N) is 1. The number of ether oxygens (including phenoxy) is 1. The van der Waals surface area contributed by atoms with E-state index in [-0.39, 0.29) is 6.09 Å². The van der Waals surface area contributed by atoms with Crippen molar-refractivity contribution < 1.29 is 9.53 Å². The standard InChI is InChI=1S/C18H35N3O2/c1-17(2,3)23-16(22)19-12-14-8-6-9-15(14)20-13-18(21(4)5)10-7-11-18/h14-15,20H,6-13H2,1-5H3,(H,19,22). The Bertz CT molecular complexity index is 400. The molecule has 2 rings (SSSR count). The van der Waals surface area contributed by atoms with Crippen LogP contribution in [0.4, 0.5) is 4.79 Å². The molecule has 2 N–H and O–H groups in total. The number of likely N-dealkylation sites (N-methyl/N-ethyl adjacent to an activating group) is 1. The fourth-order valence-corrected chi connectivity index (χ4v) is 3.77. The summed E-state index contributed by atoms with van der Waals surface area (Å²) >= 11 is 0. The lowest BCUT2D eigenvalue weighted by atomic mass is 9.75. The lowest BCUT2D eigenvalue weighted by Gasteiger charge is -2.48. The van der Waals surface area contributed by atoms with Gasteiger partial charge in [0.25, 0.3) is 0 Å². The van der Waals surface area contributed by atoms with Gasteiger partial charge in [-0.05, 0) is 72.9 Å². The minimum absolute atomic E-state index is 0.299. The molecular weight excluding hydrogens is 290 g/mol. The Labute approximate surface area is 141 Å². The highest BCUT2D eigenvalue weighted by Gasteiger charge is 2.40. The van der Waals surface area contributed by atoms with Crippen LogP contribution in [0.25, 0.3) is 0 Å². The van der Waals surface area contributed by atoms with Gasteiger partial charge in [0.05, 0.1) is 0 Å². The lowest BCUT2D eigenvalue weighted by Crippen LogP contribution is -2.58. The van der Waals surface area contributed by atoms with Crippen molar-refractivity contribution in [3.05, 3.63) is 0 Å². The fraction of sp³-hybridized carbons (Fsp3) is 0.944. The van der Waals surface area contributed by atoms with E-state index in [1.54, 1.807) is 0 Å². The van der Waals surface area contributed by atoms with Crippen molar-refractivity contribution in [2.24, 2.45) is 5.92 Å². The van der Waals surface area contributed by atoms with Crippen molar-refractivity contribution in [2.45, 2.75) is 76.5 Å². The van der Waals surface area contributed by atoms with E-state index < -0.39 is 5.60 Å². The summed E-state index contributed by atoms with van der Waals surface area (Å²) in [6, 6.07) is 0.516. The molecule has 5 heteroatoms. The van der Waals surface area contributed by atoms with Gasteiger partial charge < -0.3 is 20.3 Å². The van der Waals surface area contributed by atoms with Crippen molar-refractivity contribution in [3.63, 3.8) is 0 Å². The van der Waals surface area contributed by atoms with Crippen LogP contribution >= 0.6 is 0 Å². The van der Waals surface area contributed by atoms with E-state index in [0.29, 0.717) is 24.0 Å². The minimum atomic E-state index is -0.431. The number of carbonyl (C=O) groups excluding carboxylic acids is 1. The third-order valence-electron chi connectivity index (χ3n) is 5.49. The molecule has 0 bridgehead atoms. The van der Waals surface area contributed by atoms with Crippen LogP contribution in [0.2, 0.25) is 0 Å². The topological polar surface area (TPSA) is 53.6 Å². The van der Waals surface area contributed by atoms with Gasteiger partial charge in [-0.2, -0.15) is 0 Å². The van der Waals surface area contributed by atoms with Crippen LogP contribution in [0.15, 0.2) is 0 Å². The van der Waals surface area contributed by atoms with Crippen LogP contribution in [0.3, 0.4) is 0 Å². The van der Waals surface area contributed by atoms with Gasteiger partial charge in [0.15, 0.2) is 0 Å². The van der Waals surface area contributed by atoms with Crippen LogP contribution in [0.5, 0.6) is 0 Å². The Hall–Kier alpha value is -0.810. The molecule has 0 aromatic carbocycles. The maximum atomic E-state index is 11.8. The lowest BCUT2D eigenvalue weighted by molar-refractivity contribution is 0.0499. The molecule has 2 aliphatic rings. The van der Waals surface area contributed by atoms with Gasteiger partial charge in [0, 0.05) is 24.7 Å². The first-order chi connectivity index (χ1) is 10.7. The summed E-state index contributed by atoms with van der Waals surface area (Å²) in [6.07, 6.45) is 7.27. The monoisotopic (exact) mass is 325 g/mol. The van der Waals surface area contributed by atoms with Crippen molar-refractivity contribution >= 4 is 6.09 Å². The molecule has 23 heavy (non-hydrogen) atoms. The molecule has 5 nitrogen and oxygen atoms in total. The number of alkyl carbamates (subject to hydrolysis) is 1. The molecule has 134 valence electrons. The molecule has 2 saturated carbocycles. The highest BCUT2D eigenvalue weighted by Crippen LogP contribution is 2.36. The zero-order chi connectivity index (χ0) is 17.1. The van der Waals surface area contributed by atoms with E-state index >= 15 is 0 Å². The summed E-state index contributed by atoms with van der Waals surface area (Å²) < 4.78 is 5.33. The van der Waals surface area contributed by atoms with E-state index in [0.717, 1.165) is 6.54 Å². The van der Waals surface area contributed by atoms with Gasteiger partial charge in [-0.15, -0.1) is 0 Å². The first kappa shape index (κ1) is 18.5. The van der Waals surface area contributed by atoms with Gasteiger partial charge in [0.1, 0.15) is 5.60 Å². The number of nitrogens with one attached hydrogen (secondary N) is 2. The number of hydrogen-bond donors (Lipinski definition) is 2. The Morgan fingerprint density at radius 3 is 2.43 bits per heavy atom. The van der Waals surface area contributed by atoms with Crippen molar-refractivity contribution in [1.29, 1.82) is 0 Å². The Morgan fingerprint density at radius 1 is 1.22 bits per heavy atom. The van der Waals surface area contributed by atoms with Crippen LogP contribution in [0, 0.1) is 5.92 Å². The van der Waals surface area contributed by atoms with Crippen molar-refractivity contribution in [2.75, 3.05) is 27.2 Å². The van der Waals surface area contributed by atoms with Crippen LogP contribution in [-0.2, 0) is 4.74 Å². The van der Waals surface area contributed by atoms with E-state index in [9.17, 15) is 4.79 Å². The van der Waals surface area contributed by atoms with Gasteiger partial charge in [0.2, 0.25) is 0 Å². The first-order valence-electron chi connectivity index (χ1n) is 9.09. The van der Waals surface area contributed by atoms with Crippen LogP contribution in [0.1, 0.15) is 59.3 Å². The van der Waals surface area contributed by atoms with E-state index in [1.165, 1.54) is 38.5 Å². The summed E-state index contributed by atoms with van der Waals surface area (Å²) in [5, 5.41) is 6.74. The maximum Gasteiger partial charge on any atom is 0.407 e. The molecule has 0 spiro atoms. The minimum Gasteiger partial charge on any atom is -0.444 e. The second-order valence-electron chi connectivity index (χ2n) is 8.53.